The highest BCUT2D eigenvalue weighted by Gasteiger charge is 2.31. The van der Waals surface area contributed by atoms with Crippen LogP contribution in [0.4, 0.5) is 0 Å². The number of hydrogen-bond acceptors (Lipinski definition) is 4. The van der Waals surface area contributed by atoms with Crippen LogP contribution < -0.4 is 0 Å². The van der Waals surface area contributed by atoms with Crippen LogP contribution in [0, 0.1) is 6.92 Å². The molecule has 0 radical (unpaired) electrons. The number of carbonyl (C=O) groups excluding carboxylic acids is 1. The Morgan fingerprint density at radius 2 is 2.15 bits per heavy atom. The van der Waals surface area contributed by atoms with E-state index in [0.717, 1.165) is 30.8 Å². The van der Waals surface area contributed by atoms with Crippen molar-refractivity contribution in [2.24, 2.45) is 0 Å². The van der Waals surface area contributed by atoms with Crippen LogP contribution in [-0.4, -0.2) is 32.3 Å². The zero-order chi connectivity index (χ0) is 13.9. The van der Waals surface area contributed by atoms with E-state index in [9.17, 15) is 4.79 Å². The normalized spacial score (nSPS) is 18.2. The molecule has 3 heterocycles. The van der Waals surface area contributed by atoms with Gasteiger partial charge in [0.1, 0.15) is 0 Å². The Morgan fingerprint density at radius 1 is 1.25 bits per heavy atom. The van der Waals surface area contributed by atoms with E-state index < -0.39 is 0 Å². The van der Waals surface area contributed by atoms with Crippen LogP contribution in [0.25, 0.3) is 0 Å². The molecule has 20 heavy (non-hydrogen) atoms. The smallest absolute Gasteiger partial charge is 0.255 e. The number of pyridine rings is 1. The molecule has 1 aliphatic heterocycles. The van der Waals surface area contributed by atoms with E-state index in [2.05, 4.69) is 15.0 Å². The molecule has 0 spiro atoms. The molecule has 102 valence electrons. The van der Waals surface area contributed by atoms with Gasteiger partial charge in [-0.3, -0.25) is 19.7 Å². The van der Waals surface area contributed by atoms with Gasteiger partial charge in [0.05, 0.1) is 23.5 Å². The van der Waals surface area contributed by atoms with E-state index in [-0.39, 0.29) is 11.9 Å². The van der Waals surface area contributed by atoms with Crippen LogP contribution in [0.2, 0.25) is 0 Å². The molecule has 0 saturated carbocycles. The molecule has 1 fully saturated rings. The molecule has 1 atom stereocenters. The molecule has 1 unspecified atom stereocenters. The maximum absolute atomic E-state index is 12.6. The van der Waals surface area contributed by atoms with Gasteiger partial charge in [-0.15, -0.1) is 0 Å². The lowest BCUT2D eigenvalue weighted by Crippen LogP contribution is -2.31. The molecule has 1 saturated heterocycles. The second-order valence-corrected chi connectivity index (χ2v) is 4.98. The molecule has 2 aromatic heterocycles. The van der Waals surface area contributed by atoms with Crippen LogP contribution in [0.15, 0.2) is 36.9 Å². The molecule has 0 aliphatic carbocycles. The summed E-state index contributed by atoms with van der Waals surface area (Å²) in [6.07, 6.45) is 8.63. The minimum absolute atomic E-state index is 0.0191. The second-order valence-electron chi connectivity index (χ2n) is 4.98. The zero-order valence-electron chi connectivity index (χ0n) is 11.4. The number of likely N-dealkylation sites (tertiary alicyclic amines) is 1. The van der Waals surface area contributed by atoms with Crippen LogP contribution in [-0.2, 0) is 0 Å². The first-order chi connectivity index (χ1) is 9.75. The van der Waals surface area contributed by atoms with Gasteiger partial charge in [0.25, 0.3) is 5.91 Å². The van der Waals surface area contributed by atoms with Crippen molar-refractivity contribution in [3.05, 3.63) is 53.9 Å². The number of hydrogen-bond donors (Lipinski definition) is 0. The average Bonchev–Trinajstić information content (AvgIpc) is 2.97. The molecule has 5 heteroatoms. The van der Waals surface area contributed by atoms with Gasteiger partial charge in [0.15, 0.2) is 0 Å². The van der Waals surface area contributed by atoms with Crippen molar-refractivity contribution < 1.29 is 4.79 Å². The Kier molecular flexibility index (Phi) is 3.41. The third kappa shape index (κ3) is 2.39. The monoisotopic (exact) mass is 268 g/mol. The van der Waals surface area contributed by atoms with Crippen molar-refractivity contribution in [2.45, 2.75) is 25.8 Å². The largest absolute Gasteiger partial charge is 0.330 e. The third-order valence-corrected chi connectivity index (χ3v) is 3.60. The number of aromatic nitrogens is 3. The topological polar surface area (TPSA) is 59.0 Å². The van der Waals surface area contributed by atoms with Crippen molar-refractivity contribution >= 4 is 5.91 Å². The summed E-state index contributed by atoms with van der Waals surface area (Å²) in [5.74, 6) is 0.0191. The lowest BCUT2D eigenvalue weighted by Gasteiger charge is -2.24. The summed E-state index contributed by atoms with van der Waals surface area (Å²) in [6.45, 7) is 2.67. The number of rotatable bonds is 2. The van der Waals surface area contributed by atoms with E-state index in [1.807, 2.05) is 24.0 Å². The molecule has 5 nitrogen and oxygen atoms in total. The van der Waals surface area contributed by atoms with Crippen LogP contribution in [0.3, 0.4) is 0 Å². The summed E-state index contributed by atoms with van der Waals surface area (Å²) in [5.41, 5.74) is 2.40. The van der Waals surface area contributed by atoms with E-state index >= 15 is 0 Å². The summed E-state index contributed by atoms with van der Waals surface area (Å²) >= 11 is 0. The van der Waals surface area contributed by atoms with Crippen LogP contribution in [0.1, 0.15) is 40.6 Å². The highest BCUT2D eigenvalue weighted by molar-refractivity contribution is 5.94. The molecular weight excluding hydrogens is 252 g/mol. The number of nitrogens with zero attached hydrogens (tertiary/aromatic N) is 4. The maximum atomic E-state index is 12.6. The third-order valence-electron chi connectivity index (χ3n) is 3.60. The van der Waals surface area contributed by atoms with Crippen molar-refractivity contribution in [3.8, 4) is 0 Å². The highest BCUT2D eigenvalue weighted by Crippen LogP contribution is 2.31. The predicted molar refractivity (Wildman–Crippen MR) is 74.0 cm³/mol. The first kappa shape index (κ1) is 12.7. The van der Waals surface area contributed by atoms with Gasteiger partial charge in [-0.25, -0.2) is 0 Å². The SMILES string of the molecule is Cc1ccc(C(=O)N2CCCC2c2cnccn2)cn1. The summed E-state index contributed by atoms with van der Waals surface area (Å²) < 4.78 is 0. The fraction of sp³-hybridized carbons (Fsp3) is 0.333. The second kappa shape index (κ2) is 5.36. The molecule has 2 aromatic rings. The van der Waals surface area contributed by atoms with Crippen molar-refractivity contribution in [2.75, 3.05) is 6.54 Å². The standard InChI is InChI=1S/C15H16N4O/c1-11-4-5-12(9-18-11)15(20)19-8-2-3-14(19)13-10-16-6-7-17-13/h4-7,9-10,14H,2-3,8H2,1H3. The Hall–Kier alpha value is -2.30. The Bertz CT molecular complexity index is 597. The van der Waals surface area contributed by atoms with Gasteiger partial charge in [0.2, 0.25) is 0 Å². The van der Waals surface area contributed by atoms with Crippen molar-refractivity contribution in [3.63, 3.8) is 0 Å². The quantitative estimate of drug-likeness (QED) is 0.837. The Morgan fingerprint density at radius 3 is 2.85 bits per heavy atom. The lowest BCUT2D eigenvalue weighted by molar-refractivity contribution is 0.0732. The Balaban J connectivity index is 1.85. The molecule has 1 aliphatic rings. The molecule has 1 amide bonds. The molecule has 0 aromatic carbocycles. The summed E-state index contributed by atoms with van der Waals surface area (Å²) in [7, 11) is 0. The minimum atomic E-state index is 0.0191. The molecule has 0 bridgehead atoms. The van der Waals surface area contributed by atoms with Crippen LogP contribution in [0.5, 0.6) is 0 Å². The van der Waals surface area contributed by atoms with Crippen molar-refractivity contribution in [1.82, 2.24) is 19.9 Å². The number of carbonyl (C=O) groups is 1. The maximum Gasteiger partial charge on any atom is 0.255 e. The van der Waals surface area contributed by atoms with E-state index in [4.69, 9.17) is 0 Å². The van der Waals surface area contributed by atoms with Gasteiger partial charge in [-0.2, -0.15) is 0 Å². The van der Waals surface area contributed by atoms with Gasteiger partial charge >= 0.3 is 0 Å². The molecule has 0 N–H and O–H groups in total. The first-order valence-electron chi connectivity index (χ1n) is 6.75. The highest BCUT2D eigenvalue weighted by atomic mass is 16.2. The lowest BCUT2D eigenvalue weighted by atomic mass is 10.1. The van der Waals surface area contributed by atoms with Gasteiger partial charge in [0, 0.05) is 30.8 Å². The summed E-state index contributed by atoms with van der Waals surface area (Å²) in [6, 6.07) is 3.72. The predicted octanol–water partition coefficient (Wildman–Crippen LogP) is 2.16. The summed E-state index contributed by atoms with van der Waals surface area (Å²) in [5, 5.41) is 0. The van der Waals surface area contributed by atoms with Crippen LogP contribution >= 0.6 is 0 Å². The van der Waals surface area contributed by atoms with Gasteiger partial charge < -0.3 is 4.90 Å². The Labute approximate surface area is 117 Å². The number of aryl methyl sites for hydroxylation is 1. The van der Waals surface area contributed by atoms with E-state index in [1.165, 1.54) is 0 Å². The van der Waals surface area contributed by atoms with Gasteiger partial charge in [-0.05, 0) is 31.9 Å². The van der Waals surface area contributed by atoms with Gasteiger partial charge in [-0.1, -0.05) is 0 Å². The zero-order valence-corrected chi connectivity index (χ0v) is 11.4. The number of amides is 1. The molecule has 3 rings (SSSR count). The fourth-order valence-electron chi connectivity index (χ4n) is 2.56. The minimum Gasteiger partial charge on any atom is -0.330 e. The van der Waals surface area contributed by atoms with E-state index in [0.29, 0.717) is 5.56 Å². The molecular formula is C15H16N4O. The average molecular weight is 268 g/mol. The van der Waals surface area contributed by atoms with E-state index in [1.54, 1.807) is 24.8 Å². The first-order valence-corrected chi connectivity index (χ1v) is 6.75. The summed E-state index contributed by atoms with van der Waals surface area (Å²) in [4.78, 5) is 27.1. The van der Waals surface area contributed by atoms with Crippen molar-refractivity contribution in [1.29, 1.82) is 0 Å². The fourth-order valence-corrected chi connectivity index (χ4v) is 2.56.